The Morgan fingerprint density at radius 1 is 0.623 bits per heavy atom. The number of nitrogens with one attached hydrogen (secondary N) is 3. The minimum absolute atomic E-state index is 0.0363. The Balaban J connectivity index is 0.000000178. The Kier molecular flexibility index (Phi) is 14.5. The number of ether oxygens (including phenoxy) is 1. The van der Waals surface area contributed by atoms with Gasteiger partial charge in [0, 0.05) is 35.8 Å². The summed E-state index contributed by atoms with van der Waals surface area (Å²) in [4.78, 5) is 11.8. The molecule has 0 amide bonds. The number of nitrogens with zero attached hydrogens (tertiary/aromatic N) is 3. The van der Waals surface area contributed by atoms with E-state index in [1.165, 1.54) is 18.2 Å². The number of aromatic hydroxyl groups is 3. The molecule has 0 fully saturated rings. The predicted molar refractivity (Wildman–Crippen MR) is 200 cm³/mol. The highest BCUT2D eigenvalue weighted by molar-refractivity contribution is 6.29. The zero-order chi connectivity index (χ0) is 38.2. The topological polar surface area (TPSA) is 145 Å². The number of para-hydroxylation sites is 3. The van der Waals surface area contributed by atoms with Gasteiger partial charge in [0.1, 0.15) is 45.5 Å². The number of anilines is 3. The lowest BCUT2D eigenvalue weighted by Crippen LogP contribution is -2.10. The second-order valence-corrected chi connectivity index (χ2v) is 11.6. The third-order valence-electron chi connectivity index (χ3n) is 7.36. The second kappa shape index (κ2) is 19.4. The van der Waals surface area contributed by atoms with Crippen molar-refractivity contribution in [3.63, 3.8) is 0 Å². The number of methoxy groups -OCH3 is 1. The van der Waals surface area contributed by atoms with E-state index in [1.807, 2.05) is 55.5 Å². The molecule has 1 unspecified atom stereocenters. The number of alkyl halides is 3. The molecule has 0 aliphatic rings. The van der Waals surface area contributed by atoms with Crippen molar-refractivity contribution in [1.29, 1.82) is 0 Å². The van der Waals surface area contributed by atoms with E-state index >= 15 is 0 Å². The fraction of sp³-hybridized carbons (Fsp3) is 0.154. The Labute approximate surface area is 310 Å². The molecule has 3 aromatic heterocycles. The first-order valence-corrected chi connectivity index (χ1v) is 16.5. The van der Waals surface area contributed by atoms with Crippen LogP contribution in [0.5, 0.6) is 23.1 Å². The van der Waals surface area contributed by atoms with Crippen molar-refractivity contribution in [2.45, 2.75) is 32.2 Å². The van der Waals surface area contributed by atoms with Crippen LogP contribution < -0.4 is 20.7 Å². The number of rotatable bonds is 10. The molecule has 53 heavy (non-hydrogen) atoms. The first-order valence-electron chi connectivity index (χ1n) is 16.2. The summed E-state index contributed by atoms with van der Waals surface area (Å²) >= 11 is 5.76. The molecule has 6 rings (SSSR count). The van der Waals surface area contributed by atoms with Crippen LogP contribution in [0.2, 0.25) is 5.15 Å². The lowest BCUT2D eigenvalue weighted by molar-refractivity contribution is -0.141. The van der Waals surface area contributed by atoms with Crippen LogP contribution >= 0.6 is 11.6 Å². The van der Waals surface area contributed by atoms with E-state index in [-0.39, 0.29) is 35.7 Å². The van der Waals surface area contributed by atoms with Crippen LogP contribution in [-0.4, -0.2) is 37.4 Å². The molecule has 1 atom stereocenters. The van der Waals surface area contributed by atoms with Gasteiger partial charge in [0.2, 0.25) is 5.88 Å². The van der Waals surface area contributed by atoms with Gasteiger partial charge in [-0.2, -0.15) is 18.2 Å². The van der Waals surface area contributed by atoms with Crippen LogP contribution in [0.15, 0.2) is 127 Å². The van der Waals surface area contributed by atoms with Crippen LogP contribution in [-0.2, 0) is 19.3 Å². The van der Waals surface area contributed by atoms with E-state index in [4.69, 9.17) is 16.3 Å². The molecule has 3 heterocycles. The van der Waals surface area contributed by atoms with Crippen molar-refractivity contribution in [3.05, 3.63) is 155 Å². The Morgan fingerprint density at radius 2 is 1.13 bits per heavy atom. The molecule has 10 nitrogen and oxygen atoms in total. The maximum Gasteiger partial charge on any atom is 0.433 e. The summed E-state index contributed by atoms with van der Waals surface area (Å²) in [5.74, 6) is 2.71. The smallest absolute Gasteiger partial charge is 0.433 e. The van der Waals surface area contributed by atoms with E-state index in [0.717, 1.165) is 17.2 Å². The number of benzene rings is 3. The zero-order valence-corrected chi connectivity index (χ0v) is 29.5. The van der Waals surface area contributed by atoms with Crippen LogP contribution in [0, 0.1) is 0 Å². The molecular weight excluding hydrogens is 709 g/mol. The Bertz CT molecular complexity index is 2050. The van der Waals surface area contributed by atoms with E-state index in [1.54, 1.807) is 61.7 Å². The third kappa shape index (κ3) is 12.8. The highest BCUT2D eigenvalue weighted by atomic mass is 35.5. The van der Waals surface area contributed by atoms with Gasteiger partial charge >= 0.3 is 6.18 Å². The molecule has 14 heteroatoms. The number of phenols is 3. The van der Waals surface area contributed by atoms with Crippen LogP contribution in [0.1, 0.15) is 35.3 Å². The van der Waals surface area contributed by atoms with E-state index in [2.05, 4.69) is 30.9 Å². The van der Waals surface area contributed by atoms with Gasteiger partial charge in [-0.15, -0.1) is 0 Å². The SMILES string of the molecule is COc1cccc(NC(C)c2ccccc2O)n1.Oc1ccccc1CNc1cccc(C(F)(F)F)n1.Oc1ccccc1CNc1cccc(Cl)n1. The largest absolute Gasteiger partial charge is 0.508 e. The third-order valence-corrected chi connectivity index (χ3v) is 7.57. The molecule has 3 aromatic carbocycles. The van der Waals surface area contributed by atoms with Crippen LogP contribution in [0.3, 0.4) is 0 Å². The summed E-state index contributed by atoms with van der Waals surface area (Å²) in [7, 11) is 1.58. The lowest BCUT2D eigenvalue weighted by atomic mass is 10.1. The molecule has 0 spiro atoms. The minimum atomic E-state index is -4.47. The van der Waals surface area contributed by atoms with E-state index in [0.29, 0.717) is 34.8 Å². The van der Waals surface area contributed by atoms with Gasteiger partial charge < -0.3 is 36.0 Å². The average Bonchev–Trinajstić information content (AvgIpc) is 3.15. The summed E-state index contributed by atoms with van der Waals surface area (Å²) in [5, 5.41) is 38.4. The van der Waals surface area contributed by atoms with Crippen molar-refractivity contribution in [1.82, 2.24) is 15.0 Å². The molecule has 0 bridgehead atoms. The van der Waals surface area contributed by atoms with Crippen molar-refractivity contribution in [3.8, 4) is 23.1 Å². The molecule has 0 aliphatic carbocycles. The normalized spacial score (nSPS) is 11.1. The number of hydrogen-bond acceptors (Lipinski definition) is 10. The van der Waals surface area contributed by atoms with Crippen LogP contribution in [0.25, 0.3) is 0 Å². The fourth-order valence-corrected chi connectivity index (χ4v) is 4.82. The average molecular weight is 747 g/mol. The van der Waals surface area contributed by atoms with Gasteiger partial charge in [-0.1, -0.05) is 84.4 Å². The zero-order valence-electron chi connectivity index (χ0n) is 28.7. The van der Waals surface area contributed by atoms with Crippen molar-refractivity contribution in [2.75, 3.05) is 23.1 Å². The highest BCUT2D eigenvalue weighted by Gasteiger charge is 2.32. The van der Waals surface area contributed by atoms with Gasteiger partial charge in [-0.3, -0.25) is 0 Å². The number of hydrogen-bond donors (Lipinski definition) is 6. The Morgan fingerprint density at radius 3 is 1.68 bits per heavy atom. The van der Waals surface area contributed by atoms with Gasteiger partial charge in [0.15, 0.2) is 0 Å². The number of phenolic OH excluding ortho intramolecular Hbond substituents is 3. The lowest BCUT2D eigenvalue weighted by Gasteiger charge is -2.16. The monoisotopic (exact) mass is 746 g/mol. The Hall–Kier alpha value is -6.21. The van der Waals surface area contributed by atoms with Crippen molar-refractivity contribution < 1.29 is 33.2 Å². The first-order chi connectivity index (χ1) is 25.4. The summed E-state index contributed by atoms with van der Waals surface area (Å²) in [6.45, 7) is 2.68. The molecule has 6 N–H and O–H groups in total. The molecule has 0 aliphatic heterocycles. The summed E-state index contributed by atoms with van der Waals surface area (Å²) in [6.07, 6.45) is -4.47. The van der Waals surface area contributed by atoms with E-state index < -0.39 is 11.9 Å². The highest BCUT2D eigenvalue weighted by Crippen LogP contribution is 2.29. The minimum Gasteiger partial charge on any atom is -0.508 e. The quantitative estimate of drug-likeness (QED) is 0.0750. The molecule has 276 valence electrons. The molecule has 0 radical (unpaired) electrons. The molecular formula is C39H38ClF3N6O4. The van der Waals surface area contributed by atoms with E-state index in [9.17, 15) is 28.5 Å². The second-order valence-electron chi connectivity index (χ2n) is 11.2. The van der Waals surface area contributed by atoms with Gasteiger partial charge in [-0.25, -0.2) is 9.97 Å². The molecule has 0 saturated carbocycles. The predicted octanol–water partition coefficient (Wildman–Crippen LogP) is 9.44. The van der Waals surface area contributed by atoms with Gasteiger partial charge in [0.05, 0.1) is 13.2 Å². The molecule has 0 saturated heterocycles. The fourth-order valence-electron chi connectivity index (χ4n) is 4.65. The maximum absolute atomic E-state index is 12.5. The van der Waals surface area contributed by atoms with Crippen molar-refractivity contribution in [2.24, 2.45) is 0 Å². The first kappa shape index (κ1) is 39.6. The maximum atomic E-state index is 12.5. The number of halogens is 4. The number of aromatic nitrogens is 3. The number of pyridine rings is 3. The summed E-state index contributed by atoms with van der Waals surface area (Å²) < 4.78 is 42.5. The molecule has 6 aromatic rings. The van der Waals surface area contributed by atoms with Gasteiger partial charge in [0.25, 0.3) is 0 Å². The van der Waals surface area contributed by atoms with Crippen LogP contribution in [0.4, 0.5) is 30.6 Å². The van der Waals surface area contributed by atoms with Gasteiger partial charge in [-0.05, 0) is 55.5 Å². The summed E-state index contributed by atoms with van der Waals surface area (Å²) in [5.41, 5.74) is 1.29. The standard InChI is InChI=1S/C14H16N2O2.C13H11F3N2O.C12H11ClN2O/c1-10(11-6-3-4-7-12(11)17)15-13-8-5-9-14(16-13)18-2;14-13(15,16)11-6-3-7-12(18-11)17-8-9-4-1-2-5-10(9)19;13-11-6-3-7-12(15-11)14-8-9-4-1-2-5-10(9)16/h3-10,17H,1-2H3,(H,15,16);1-7,19H,8H2,(H,17,18);1-7,16H,8H2,(H,14,15). The van der Waals surface area contributed by atoms with Crippen molar-refractivity contribution >= 4 is 29.1 Å². The summed E-state index contributed by atoms with van der Waals surface area (Å²) in [6, 6.07) is 35.5.